The molecule has 6 nitrogen and oxygen atoms in total. The van der Waals surface area contributed by atoms with Crippen molar-refractivity contribution in [3.63, 3.8) is 0 Å². The van der Waals surface area contributed by atoms with Gasteiger partial charge in [-0.25, -0.2) is 9.78 Å². The number of carbonyl (C=O) groups is 1. The second-order valence-corrected chi connectivity index (χ2v) is 6.33. The van der Waals surface area contributed by atoms with Gasteiger partial charge in [0.1, 0.15) is 5.69 Å². The summed E-state index contributed by atoms with van der Waals surface area (Å²) in [7, 11) is 0. The van der Waals surface area contributed by atoms with Crippen molar-refractivity contribution in [3.05, 3.63) is 94.7 Å². The summed E-state index contributed by atoms with van der Waals surface area (Å²) in [4.78, 5) is 28.5. The second kappa shape index (κ2) is 8.28. The molecule has 142 valence electrons. The van der Waals surface area contributed by atoms with Gasteiger partial charge in [-0.1, -0.05) is 30.2 Å². The zero-order chi connectivity index (χ0) is 20.1. The summed E-state index contributed by atoms with van der Waals surface area (Å²) < 4.78 is 6.65. The topological polar surface area (TPSA) is 77.1 Å². The number of para-hydroxylation sites is 2. The summed E-state index contributed by atoms with van der Waals surface area (Å²) in [6, 6.07) is 20.0. The van der Waals surface area contributed by atoms with E-state index in [1.54, 1.807) is 36.5 Å². The van der Waals surface area contributed by atoms with Gasteiger partial charge in [-0.15, -0.1) is 0 Å². The molecule has 6 heteroatoms. The van der Waals surface area contributed by atoms with E-state index in [0.717, 1.165) is 5.56 Å². The molecule has 29 heavy (non-hydrogen) atoms. The number of pyridine rings is 1. The molecule has 0 aliphatic carbocycles. The Labute approximate surface area is 166 Å². The Morgan fingerprint density at radius 2 is 1.90 bits per heavy atom. The zero-order valence-corrected chi connectivity index (χ0v) is 15.5. The van der Waals surface area contributed by atoms with Crippen molar-refractivity contribution in [3.8, 4) is 11.8 Å². The van der Waals surface area contributed by atoms with Gasteiger partial charge in [-0.2, -0.15) is 0 Å². The lowest BCUT2D eigenvalue weighted by molar-refractivity contribution is -0.116. The lowest BCUT2D eigenvalue weighted by Crippen LogP contribution is -2.19. The van der Waals surface area contributed by atoms with Crippen LogP contribution in [0.5, 0.6) is 0 Å². The van der Waals surface area contributed by atoms with E-state index in [1.165, 1.54) is 4.57 Å². The Morgan fingerprint density at radius 1 is 1.03 bits per heavy atom. The van der Waals surface area contributed by atoms with Crippen LogP contribution in [0.4, 0.5) is 5.69 Å². The van der Waals surface area contributed by atoms with Crippen molar-refractivity contribution in [2.45, 2.75) is 13.0 Å². The fourth-order valence-corrected chi connectivity index (χ4v) is 2.91. The number of amides is 1. The first-order valence-electron chi connectivity index (χ1n) is 9.10. The first kappa shape index (κ1) is 18.3. The summed E-state index contributed by atoms with van der Waals surface area (Å²) in [5, 5.41) is 2.84. The minimum Gasteiger partial charge on any atom is -0.408 e. The molecule has 0 aliphatic rings. The number of carbonyl (C=O) groups excluding carboxylic acids is 1. The van der Waals surface area contributed by atoms with Gasteiger partial charge < -0.3 is 9.73 Å². The highest BCUT2D eigenvalue weighted by atomic mass is 16.4. The van der Waals surface area contributed by atoms with Crippen molar-refractivity contribution in [2.24, 2.45) is 0 Å². The van der Waals surface area contributed by atoms with Gasteiger partial charge in [0, 0.05) is 30.4 Å². The Bertz CT molecular complexity index is 1280. The van der Waals surface area contributed by atoms with Crippen LogP contribution < -0.4 is 11.1 Å². The molecule has 0 saturated heterocycles. The number of oxazole rings is 1. The molecule has 2 aromatic heterocycles. The Morgan fingerprint density at radius 3 is 2.76 bits per heavy atom. The Balaban J connectivity index is 1.42. The van der Waals surface area contributed by atoms with E-state index >= 15 is 0 Å². The van der Waals surface area contributed by atoms with Crippen LogP contribution >= 0.6 is 0 Å². The Kier molecular flexibility index (Phi) is 5.21. The third-order valence-corrected chi connectivity index (χ3v) is 4.28. The van der Waals surface area contributed by atoms with Crippen LogP contribution in [0.1, 0.15) is 17.7 Å². The highest BCUT2D eigenvalue weighted by Gasteiger charge is 2.10. The van der Waals surface area contributed by atoms with Crippen molar-refractivity contribution in [1.29, 1.82) is 0 Å². The van der Waals surface area contributed by atoms with Crippen LogP contribution in [-0.4, -0.2) is 15.5 Å². The third-order valence-electron chi connectivity index (χ3n) is 4.28. The molecule has 2 aromatic carbocycles. The predicted octanol–water partition coefficient (Wildman–Crippen LogP) is 3.42. The smallest absolute Gasteiger partial charge is 0.408 e. The molecule has 0 bridgehead atoms. The van der Waals surface area contributed by atoms with Gasteiger partial charge in [-0.05, 0) is 48.4 Å². The second-order valence-electron chi connectivity index (χ2n) is 6.33. The van der Waals surface area contributed by atoms with Gasteiger partial charge in [0.25, 0.3) is 0 Å². The van der Waals surface area contributed by atoms with Gasteiger partial charge in [0.15, 0.2) is 5.58 Å². The predicted molar refractivity (Wildman–Crippen MR) is 110 cm³/mol. The SMILES string of the molecule is O=C(CCn1c(=O)oc2ccccc21)Nc1cccc(C#Cc2ccccn2)c1. The standard InChI is InChI=1S/C23H17N3O3/c27-22(13-15-26-20-9-1-2-10-21(20)29-23(26)28)25-19-8-5-6-17(16-19)11-12-18-7-3-4-14-24-18/h1-10,14,16H,13,15H2,(H,25,27). The quantitative estimate of drug-likeness (QED) is 0.548. The maximum Gasteiger partial charge on any atom is 0.419 e. The van der Waals surface area contributed by atoms with Gasteiger partial charge in [0.05, 0.1) is 5.52 Å². The molecular formula is C23H17N3O3. The number of rotatable bonds is 4. The highest BCUT2D eigenvalue weighted by Crippen LogP contribution is 2.13. The van der Waals surface area contributed by atoms with Gasteiger partial charge in [0.2, 0.25) is 5.91 Å². The van der Waals surface area contributed by atoms with Crippen molar-refractivity contribution < 1.29 is 9.21 Å². The molecular weight excluding hydrogens is 366 g/mol. The summed E-state index contributed by atoms with van der Waals surface area (Å²) in [6.07, 6.45) is 1.84. The molecule has 0 atom stereocenters. The fraction of sp³-hybridized carbons (Fsp3) is 0.0870. The summed E-state index contributed by atoms with van der Waals surface area (Å²) in [6.45, 7) is 0.237. The summed E-state index contributed by atoms with van der Waals surface area (Å²) in [5.41, 5.74) is 3.28. The van der Waals surface area contributed by atoms with Crippen molar-refractivity contribution in [1.82, 2.24) is 9.55 Å². The lowest BCUT2D eigenvalue weighted by atomic mass is 10.2. The van der Waals surface area contributed by atoms with Crippen molar-refractivity contribution >= 4 is 22.7 Å². The number of hydrogen-bond acceptors (Lipinski definition) is 4. The average Bonchev–Trinajstić information content (AvgIpc) is 3.07. The molecule has 2 heterocycles. The highest BCUT2D eigenvalue weighted by molar-refractivity contribution is 5.91. The fourth-order valence-electron chi connectivity index (χ4n) is 2.91. The van der Waals surface area contributed by atoms with E-state index < -0.39 is 5.76 Å². The summed E-state index contributed by atoms with van der Waals surface area (Å²) in [5.74, 6) is 5.36. The number of hydrogen-bond donors (Lipinski definition) is 1. The number of anilines is 1. The molecule has 4 rings (SSSR count). The number of nitrogens with one attached hydrogen (secondary N) is 1. The first-order valence-corrected chi connectivity index (χ1v) is 9.10. The minimum absolute atomic E-state index is 0.146. The number of nitrogens with zero attached hydrogens (tertiary/aromatic N) is 2. The molecule has 0 unspecified atom stereocenters. The van der Waals surface area contributed by atoms with Crippen LogP contribution in [0.3, 0.4) is 0 Å². The van der Waals surface area contributed by atoms with Crippen LogP contribution in [0.25, 0.3) is 11.1 Å². The van der Waals surface area contributed by atoms with Crippen LogP contribution in [-0.2, 0) is 11.3 Å². The molecule has 0 fully saturated rings. The van der Waals surface area contributed by atoms with Crippen LogP contribution in [0.15, 0.2) is 82.1 Å². The largest absolute Gasteiger partial charge is 0.419 e. The van der Waals surface area contributed by atoms with E-state index in [9.17, 15) is 9.59 Å². The number of fused-ring (bicyclic) bond motifs is 1. The monoisotopic (exact) mass is 383 g/mol. The maximum absolute atomic E-state index is 12.3. The lowest BCUT2D eigenvalue weighted by Gasteiger charge is -2.06. The van der Waals surface area contributed by atoms with E-state index in [0.29, 0.717) is 22.5 Å². The number of aromatic nitrogens is 2. The van der Waals surface area contributed by atoms with Gasteiger partial charge >= 0.3 is 5.76 Å². The van der Waals surface area contributed by atoms with Gasteiger partial charge in [-0.3, -0.25) is 9.36 Å². The normalized spacial score (nSPS) is 10.3. The molecule has 1 amide bonds. The number of aryl methyl sites for hydroxylation is 1. The minimum atomic E-state index is -0.467. The van der Waals surface area contributed by atoms with Crippen LogP contribution in [0, 0.1) is 11.8 Å². The summed E-state index contributed by atoms with van der Waals surface area (Å²) >= 11 is 0. The van der Waals surface area contributed by atoms with Crippen LogP contribution in [0.2, 0.25) is 0 Å². The molecule has 1 N–H and O–H groups in total. The Hall–Kier alpha value is -4.11. The first-order chi connectivity index (χ1) is 14.2. The molecule has 0 aliphatic heterocycles. The molecule has 0 radical (unpaired) electrons. The molecule has 0 saturated carbocycles. The van der Waals surface area contributed by atoms with E-state index in [4.69, 9.17) is 4.42 Å². The average molecular weight is 383 g/mol. The van der Waals surface area contributed by atoms with E-state index in [2.05, 4.69) is 22.1 Å². The van der Waals surface area contributed by atoms with E-state index in [-0.39, 0.29) is 18.9 Å². The maximum atomic E-state index is 12.3. The zero-order valence-electron chi connectivity index (χ0n) is 15.5. The third kappa shape index (κ3) is 4.42. The van der Waals surface area contributed by atoms with Crippen molar-refractivity contribution in [2.75, 3.05) is 5.32 Å². The molecule has 0 spiro atoms. The number of benzene rings is 2. The molecule has 4 aromatic rings. The van der Waals surface area contributed by atoms with E-state index in [1.807, 2.05) is 36.4 Å².